The molecule has 30 heavy (non-hydrogen) atoms. The minimum Gasteiger partial charge on any atom is -0.497 e. The average Bonchev–Trinajstić information content (AvgIpc) is 2.77. The van der Waals surface area contributed by atoms with Gasteiger partial charge in [0.05, 0.1) is 24.7 Å². The molecule has 0 saturated carbocycles. The zero-order chi connectivity index (χ0) is 21.3. The maximum atomic E-state index is 10.8. The van der Waals surface area contributed by atoms with Gasteiger partial charge in [-0.2, -0.15) is 0 Å². The van der Waals surface area contributed by atoms with E-state index in [-0.39, 0.29) is 11.8 Å². The third-order valence-corrected chi connectivity index (χ3v) is 5.18. The molecule has 0 spiro atoms. The van der Waals surface area contributed by atoms with Crippen LogP contribution in [0.4, 0.5) is 5.69 Å². The number of piperidine rings is 1. The molecule has 1 aliphatic heterocycles. The summed E-state index contributed by atoms with van der Waals surface area (Å²) in [5, 5.41) is 24.1. The Hall–Kier alpha value is -3.13. The van der Waals surface area contributed by atoms with E-state index in [9.17, 15) is 15.2 Å². The van der Waals surface area contributed by atoms with Crippen molar-refractivity contribution in [1.82, 2.24) is 10.2 Å². The first-order valence-electron chi connectivity index (χ1n) is 10.1. The van der Waals surface area contributed by atoms with E-state index in [1.54, 1.807) is 19.2 Å². The molecular weight excluding hydrogens is 384 g/mol. The largest absolute Gasteiger partial charge is 0.497 e. The first-order valence-corrected chi connectivity index (χ1v) is 10.1. The van der Waals surface area contributed by atoms with E-state index in [1.165, 1.54) is 17.7 Å². The zero-order valence-corrected chi connectivity index (χ0v) is 17.2. The third kappa shape index (κ3) is 6.18. The number of hydrogen-bond donors (Lipinski definition) is 2. The number of aliphatic hydroxyl groups is 1. The van der Waals surface area contributed by atoms with Gasteiger partial charge in [0.1, 0.15) is 5.75 Å². The maximum absolute atomic E-state index is 10.8. The molecule has 1 saturated heterocycles. The average molecular weight is 412 g/mol. The van der Waals surface area contributed by atoms with Crippen molar-refractivity contribution < 1.29 is 14.8 Å². The molecule has 0 unspecified atom stereocenters. The Morgan fingerprint density at radius 1 is 1.17 bits per heavy atom. The fourth-order valence-electron chi connectivity index (χ4n) is 3.35. The number of nitro groups is 1. The van der Waals surface area contributed by atoms with E-state index in [1.807, 2.05) is 24.3 Å². The molecular formula is C22H28N4O4. The Morgan fingerprint density at radius 3 is 2.40 bits per heavy atom. The van der Waals surface area contributed by atoms with Crippen molar-refractivity contribution in [2.75, 3.05) is 26.7 Å². The van der Waals surface area contributed by atoms with E-state index >= 15 is 0 Å². The van der Waals surface area contributed by atoms with Crippen molar-refractivity contribution in [2.24, 2.45) is 4.99 Å². The fraction of sp³-hybridized carbons (Fsp3) is 0.409. The molecule has 1 aliphatic rings. The second-order valence-corrected chi connectivity index (χ2v) is 7.31. The van der Waals surface area contributed by atoms with Crippen LogP contribution in [0.25, 0.3) is 0 Å². The van der Waals surface area contributed by atoms with E-state index in [0.29, 0.717) is 6.54 Å². The predicted octanol–water partition coefficient (Wildman–Crippen LogP) is 2.75. The first-order chi connectivity index (χ1) is 14.5. The minimum atomic E-state index is -0.405. The predicted molar refractivity (Wildman–Crippen MR) is 116 cm³/mol. The summed E-state index contributed by atoms with van der Waals surface area (Å²) in [5.74, 6) is 1.64. The fourth-order valence-corrected chi connectivity index (χ4v) is 3.35. The van der Waals surface area contributed by atoms with Gasteiger partial charge < -0.3 is 20.1 Å². The van der Waals surface area contributed by atoms with Crippen LogP contribution >= 0.6 is 0 Å². The summed E-state index contributed by atoms with van der Waals surface area (Å²) in [6.07, 6.45) is 2.03. The van der Waals surface area contributed by atoms with Gasteiger partial charge in [-0.1, -0.05) is 24.3 Å². The van der Waals surface area contributed by atoms with Crippen LogP contribution in [0.15, 0.2) is 53.5 Å². The number of ether oxygens (including phenoxy) is 1. The normalized spacial score (nSPS) is 15.1. The summed E-state index contributed by atoms with van der Waals surface area (Å²) < 4.78 is 5.20. The Morgan fingerprint density at radius 2 is 1.80 bits per heavy atom. The van der Waals surface area contributed by atoms with Gasteiger partial charge in [-0.05, 0) is 42.5 Å². The second kappa shape index (κ2) is 10.6. The summed E-state index contributed by atoms with van der Waals surface area (Å²) >= 11 is 0. The highest BCUT2D eigenvalue weighted by Crippen LogP contribution is 2.15. The highest BCUT2D eigenvalue weighted by atomic mass is 16.6. The lowest BCUT2D eigenvalue weighted by molar-refractivity contribution is -0.384. The van der Waals surface area contributed by atoms with Crippen LogP contribution in [0, 0.1) is 10.1 Å². The number of benzene rings is 2. The standard InChI is InChI=1S/C22H28N4O4/c1-30-21-8-4-17(5-9-21)10-13-23-22(25-14-11-20(27)12-15-25)24-16-18-2-6-19(7-3-18)26(28)29/h2-9,20,27H,10-16H2,1H3,(H,23,24). The van der Waals surface area contributed by atoms with Crippen LogP contribution in [-0.2, 0) is 13.0 Å². The van der Waals surface area contributed by atoms with Crippen LogP contribution in [0.3, 0.4) is 0 Å². The van der Waals surface area contributed by atoms with Crippen molar-refractivity contribution in [2.45, 2.75) is 31.9 Å². The molecule has 2 aromatic rings. The molecule has 3 rings (SSSR count). The number of methoxy groups -OCH3 is 1. The number of likely N-dealkylation sites (tertiary alicyclic amines) is 1. The van der Waals surface area contributed by atoms with E-state index in [4.69, 9.17) is 9.73 Å². The SMILES string of the molecule is COc1ccc(CCNC(=NCc2ccc([N+](=O)[O-])cc2)N2CCC(O)CC2)cc1. The molecule has 8 nitrogen and oxygen atoms in total. The number of aliphatic imine (C=N–C) groups is 1. The smallest absolute Gasteiger partial charge is 0.269 e. The van der Waals surface area contributed by atoms with Crippen LogP contribution in [0.1, 0.15) is 24.0 Å². The molecule has 0 aromatic heterocycles. The molecule has 0 amide bonds. The van der Waals surface area contributed by atoms with Gasteiger partial charge in [-0.25, -0.2) is 4.99 Å². The third-order valence-electron chi connectivity index (χ3n) is 5.18. The monoisotopic (exact) mass is 412 g/mol. The highest BCUT2D eigenvalue weighted by Gasteiger charge is 2.19. The van der Waals surface area contributed by atoms with Gasteiger partial charge in [-0.15, -0.1) is 0 Å². The lowest BCUT2D eigenvalue weighted by atomic mass is 10.1. The summed E-state index contributed by atoms with van der Waals surface area (Å²) in [7, 11) is 1.65. The summed E-state index contributed by atoms with van der Waals surface area (Å²) in [6, 6.07) is 14.5. The molecule has 8 heteroatoms. The number of aliphatic hydroxyl groups excluding tert-OH is 1. The molecule has 1 fully saturated rings. The quantitative estimate of drug-likeness (QED) is 0.314. The summed E-state index contributed by atoms with van der Waals surface area (Å²) in [5.41, 5.74) is 2.18. The van der Waals surface area contributed by atoms with Gasteiger partial charge in [0.15, 0.2) is 5.96 Å². The van der Waals surface area contributed by atoms with Crippen molar-refractivity contribution in [3.8, 4) is 5.75 Å². The van der Waals surface area contributed by atoms with Gasteiger partial charge in [0, 0.05) is 31.8 Å². The molecule has 2 N–H and O–H groups in total. The van der Waals surface area contributed by atoms with Crippen LogP contribution in [-0.4, -0.2) is 53.7 Å². The molecule has 2 aromatic carbocycles. The lowest BCUT2D eigenvalue weighted by Gasteiger charge is -2.32. The Labute approximate surface area is 176 Å². The number of non-ortho nitro benzene ring substituents is 1. The van der Waals surface area contributed by atoms with Gasteiger partial charge in [0.2, 0.25) is 0 Å². The topological polar surface area (TPSA) is 100 Å². The van der Waals surface area contributed by atoms with Crippen LogP contribution in [0.5, 0.6) is 5.75 Å². The molecule has 0 atom stereocenters. The van der Waals surface area contributed by atoms with Crippen LogP contribution in [0.2, 0.25) is 0 Å². The van der Waals surface area contributed by atoms with Gasteiger partial charge in [0.25, 0.3) is 5.69 Å². The second-order valence-electron chi connectivity index (χ2n) is 7.31. The van der Waals surface area contributed by atoms with E-state index < -0.39 is 4.92 Å². The molecule has 1 heterocycles. The Kier molecular flexibility index (Phi) is 7.62. The van der Waals surface area contributed by atoms with Gasteiger partial charge in [-0.3, -0.25) is 10.1 Å². The molecule has 0 aliphatic carbocycles. The molecule has 0 bridgehead atoms. The Bertz CT molecular complexity index is 844. The number of nitrogens with zero attached hydrogens (tertiary/aromatic N) is 3. The summed E-state index contributed by atoms with van der Waals surface area (Å²) in [4.78, 5) is 17.3. The number of nitro benzene ring substituents is 1. The zero-order valence-electron chi connectivity index (χ0n) is 17.2. The highest BCUT2D eigenvalue weighted by molar-refractivity contribution is 5.80. The number of rotatable bonds is 7. The lowest BCUT2D eigenvalue weighted by Crippen LogP contribution is -2.47. The van der Waals surface area contributed by atoms with Crippen LogP contribution < -0.4 is 10.1 Å². The number of guanidine groups is 1. The van der Waals surface area contributed by atoms with Crippen molar-refractivity contribution in [3.05, 3.63) is 69.8 Å². The molecule has 0 radical (unpaired) electrons. The number of nitrogens with one attached hydrogen (secondary N) is 1. The summed E-state index contributed by atoms with van der Waals surface area (Å²) in [6.45, 7) is 2.65. The van der Waals surface area contributed by atoms with Crippen molar-refractivity contribution >= 4 is 11.6 Å². The molecule has 160 valence electrons. The maximum Gasteiger partial charge on any atom is 0.269 e. The Balaban J connectivity index is 1.63. The van der Waals surface area contributed by atoms with Crippen molar-refractivity contribution in [3.63, 3.8) is 0 Å². The van der Waals surface area contributed by atoms with E-state index in [0.717, 1.165) is 56.2 Å². The first kappa shape index (κ1) is 21.6. The van der Waals surface area contributed by atoms with E-state index in [2.05, 4.69) is 10.2 Å². The van der Waals surface area contributed by atoms with Crippen molar-refractivity contribution in [1.29, 1.82) is 0 Å². The minimum absolute atomic E-state index is 0.0746. The number of hydrogen-bond acceptors (Lipinski definition) is 5. The van der Waals surface area contributed by atoms with Gasteiger partial charge >= 0.3 is 0 Å².